The van der Waals surface area contributed by atoms with Crippen LogP contribution in [0.4, 0.5) is 0 Å². The van der Waals surface area contributed by atoms with Crippen molar-refractivity contribution in [3.05, 3.63) is 63.4 Å². The van der Waals surface area contributed by atoms with Gasteiger partial charge in [-0.2, -0.15) is 11.8 Å². The van der Waals surface area contributed by atoms with E-state index in [4.69, 9.17) is 28.9 Å². The average molecular weight is 520 g/mol. The maximum absolute atomic E-state index is 13.1. The van der Waals surface area contributed by atoms with Gasteiger partial charge >= 0.3 is 0 Å². The maximum atomic E-state index is 13.1. The largest absolute Gasteiger partial charge is 0.342 e. The lowest BCUT2D eigenvalue weighted by atomic mass is 10.1. The van der Waals surface area contributed by atoms with Gasteiger partial charge in [-0.15, -0.1) is 0 Å². The molecule has 0 radical (unpaired) electrons. The number of carbonyl (C=O) groups excluding carboxylic acids is 2. The van der Waals surface area contributed by atoms with Gasteiger partial charge in [-0.05, 0) is 67.7 Å². The predicted molar refractivity (Wildman–Crippen MR) is 139 cm³/mol. The quantitative estimate of drug-likeness (QED) is 0.401. The molecular formula is C24H27Cl2N5O2S. The van der Waals surface area contributed by atoms with Gasteiger partial charge in [0, 0.05) is 29.7 Å². The molecule has 0 unspecified atom stereocenters. The van der Waals surface area contributed by atoms with Gasteiger partial charge in [-0.1, -0.05) is 23.2 Å². The molecule has 180 valence electrons. The van der Waals surface area contributed by atoms with Crippen molar-refractivity contribution in [1.29, 1.82) is 0 Å². The standard InChI is InChI=1S/C24H27Cl2N5O2S/c1-34-10-8-20(22-28-19-7-5-15(25)12-21(19)29-22)30-23(32)14-4-6-17(18(26)11-14)24(33)31-9-2-3-16(31)13-27/h4-7,11-12,16,20H,2-3,8-10,13,27H2,1H3,(H,28,29)(H,30,32)/t16-,20+/m1/s1. The number of nitrogens with zero attached hydrogens (tertiary/aromatic N) is 2. The van der Waals surface area contributed by atoms with Crippen LogP contribution in [-0.4, -0.2) is 57.8 Å². The van der Waals surface area contributed by atoms with Crippen LogP contribution in [0.2, 0.25) is 10.0 Å². The molecular weight excluding hydrogens is 493 g/mol. The lowest BCUT2D eigenvalue weighted by Crippen LogP contribution is -2.40. The number of imidazole rings is 1. The highest BCUT2D eigenvalue weighted by atomic mass is 35.5. The first-order valence-corrected chi connectivity index (χ1v) is 13.3. The molecule has 4 N–H and O–H groups in total. The topological polar surface area (TPSA) is 104 Å². The molecule has 1 aromatic heterocycles. The number of H-pyrrole nitrogens is 1. The van der Waals surface area contributed by atoms with Crippen LogP contribution in [0.1, 0.15) is 51.8 Å². The van der Waals surface area contributed by atoms with Gasteiger partial charge in [0.1, 0.15) is 5.82 Å². The van der Waals surface area contributed by atoms with Gasteiger partial charge in [0.2, 0.25) is 0 Å². The lowest BCUT2D eigenvalue weighted by Gasteiger charge is -2.24. The van der Waals surface area contributed by atoms with Crippen LogP contribution in [0.5, 0.6) is 0 Å². The summed E-state index contributed by atoms with van der Waals surface area (Å²) in [6.45, 7) is 1.09. The Labute approximate surface area is 212 Å². The van der Waals surface area contributed by atoms with Crippen LogP contribution in [0.3, 0.4) is 0 Å². The SMILES string of the molecule is CSCC[C@H](NC(=O)c1ccc(C(=O)N2CCC[C@@H]2CN)c(Cl)c1)c1nc2ccc(Cl)cc2[nH]1. The van der Waals surface area contributed by atoms with Crippen molar-refractivity contribution in [1.82, 2.24) is 20.2 Å². The minimum atomic E-state index is -0.318. The molecule has 0 saturated carbocycles. The van der Waals surface area contributed by atoms with Crippen LogP contribution in [-0.2, 0) is 0 Å². The molecule has 7 nitrogen and oxygen atoms in total. The number of aromatic amines is 1. The highest BCUT2D eigenvalue weighted by molar-refractivity contribution is 7.98. The molecule has 10 heteroatoms. The van der Waals surface area contributed by atoms with E-state index < -0.39 is 0 Å². The number of carbonyl (C=O) groups is 2. The Morgan fingerprint density at radius 2 is 2.12 bits per heavy atom. The van der Waals surface area contributed by atoms with Gasteiger partial charge in [0.25, 0.3) is 11.8 Å². The minimum Gasteiger partial charge on any atom is -0.342 e. The Kier molecular flexibility index (Phi) is 8.03. The number of thioether (sulfide) groups is 1. The number of nitrogens with two attached hydrogens (primary N) is 1. The molecule has 2 atom stereocenters. The van der Waals surface area contributed by atoms with Crippen LogP contribution in [0, 0.1) is 0 Å². The molecule has 0 spiro atoms. The molecule has 1 aliphatic heterocycles. The first kappa shape index (κ1) is 24.9. The number of fused-ring (bicyclic) bond motifs is 1. The molecule has 1 fully saturated rings. The van der Waals surface area contributed by atoms with Crippen LogP contribution in [0.15, 0.2) is 36.4 Å². The molecule has 1 aliphatic rings. The van der Waals surface area contributed by atoms with E-state index in [-0.39, 0.29) is 28.9 Å². The highest BCUT2D eigenvalue weighted by Gasteiger charge is 2.29. The van der Waals surface area contributed by atoms with Gasteiger partial charge in [0.15, 0.2) is 0 Å². The summed E-state index contributed by atoms with van der Waals surface area (Å²) < 4.78 is 0. The maximum Gasteiger partial charge on any atom is 0.255 e. The number of nitrogens with one attached hydrogen (secondary N) is 2. The van der Waals surface area contributed by atoms with Gasteiger partial charge in [0.05, 0.1) is 27.7 Å². The minimum absolute atomic E-state index is 0.0300. The highest BCUT2D eigenvalue weighted by Crippen LogP contribution is 2.26. The van der Waals surface area contributed by atoms with E-state index in [0.717, 1.165) is 29.6 Å². The van der Waals surface area contributed by atoms with E-state index in [1.165, 1.54) is 0 Å². The first-order chi connectivity index (χ1) is 16.4. The fourth-order valence-electron chi connectivity index (χ4n) is 4.25. The molecule has 1 saturated heterocycles. The average Bonchev–Trinajstić information content (AvgIpc) is 3.47. The second-order valence-corrected chi connectivity index (χ2v) is 10.1. The van der Waals surface area contributed by atoms with Crippen molar-refractivity contribution in [2.45, 2.75) is 31.3 Å². The first-order valence-electron chi connectivity index (χ1n) is 11.2. The second-order valence-electron chi connectivity index (χ2n) is 8.32. The number of benzene rings is 2. The van der Waals surface area contributed by atoms with E-state index in [1.807, 2.05) is 18.4 Å². The lowest BCUT2D eigenvalue weighted by molar-refractivity contribution is 0.0740. The van der Waals surface area contributed by atoms with Crippen molar-refractivity contribution >= 4 is 57.8 Å². The summed E-state index contributed by atoms with van der Waals surface area (Å²) in [4.78, 5) is 35.8. The third-order valence-electron chi connectivity index (χ3n) is 6.08. The Hall–Kier alpha value is -2.26. The number of likely N-dealkylation sites (tertiary alicyclic amines) is 1. The molecule has 4 rings (SSSR count). The van der Waals surface area contributed by atoms with Crippen molar-refractivity contribution in [3.63, 3.8) is 0 Å². The van der Waals surface area contributed by atoms with E-state index in [0.29, 0.717) is 41.5 Å². The zero-order valence-corrected chi connectivity index (χ0v) is 21.1. The predicted octanol–water partition coefficient (Wildman–Crippen LogP) is 4.66. The van der Waals surface area contributed by atoms with E-state index >= 15 is 0 Å². The monoisotopic (exact) mass is 519 g/mol. The zero-order valence-electron chi connectivity index (χ0n) is 18.8. The number of aromatic nitrogens is 2. The Morgan fingerprint density at radius 3 is 2.85 bits per heavy atom. The van der Waals surface area contributed by atoms with Gasteiger partial charge in [-0.25, -0.2) is 4.98 Å². The fraction of sp³-hybridized carbons (Fsp3) is 0.375. The van der Waals surface area contributed by atoms with Crippen molar-refractivity contribution < 1.29 is 9.59 Å². The van der Waals surface area contributed by atoms with E-state index in [9.17, 15) is 9.59 Å². The van der Waals surface area contributed by atoms with E-state index in [2.05, 4.69) is 15.3 Å². The number of rotatable bonds is 8. The molecule has 34 heavy (non-hydrogen) atoms. The van der Waals surface area contributed by atoms with Crippen molar-refractivity contribution in [2.24, 2.45) is 5.73 Å². The van der Waals surface area contributed by atoms with Crippen LogP contribution >= 0.6 is 35.0 Å². The molecule has 0 bridgehead atoms. The third kappa shape index (κ3) is 5.35. The zero-order chi connectivity index (χ0) is 24.2. The summed E-state index contributed by atoms with van der Waals surface area (Å²) in [6.07, 6.45) is 4.53. The van der Waals surface area contributed by atoms with E-state index in [1.54, 1.807) is 40.9 Å². The Bertz CT molecular complexity index is 1200. The Morgan fingerprint density at radius 1 is 1.29 bits per heavy atom. The van der Waals surface area contributed by atoms with Crippen molar-refractivity contribution in [3.8, 4) is 0 Å². The van der Waals surface area contributed by atoms with Crippen molar-refractivity contribution in [2.75, 3.05) is 25.1 Å². The number of amides is 2. The molecule has 3 aromatic rings. The number of hydrogen-bond donors (Lipinski definition) is 3. The third-order valence-corrected chi connectivity index (χ3v) is 7.27. The summed E-state index contributed by atoms with van der Waals surface area (Å²) in [5.41, 5.74) is 8.17. The van der Waals surface area contributed by atoms with Gasteiger partial charge in [-0.3, -0.25) is 9.59 Å². The number of hydrogen-bond acceptors (Lipinski definition) is 5. The summed E-state index contributed by atoms with van der Waals surface area (Å²) in [5, 5.41) is 3.92. The normalized spacial score (nSPS) is 16.7. The summed E-state index contributed by atoms with van der Waals surface area (Å²) in [7, 11) is 0. The molecule has 2 heterocycles. The fourth-order valence-corrected chi connectivity index (χ4v) is 5.16. The summed E-state index contributed by atoms with van der Waals surface area (Å²) in [6, 6.07) is 9.94. The molecule has 2 amide bonds. The van der Waals surface area contributed by atoms with Crippen LogP contribution in [0.25, 0.3) is 11.0 Å². The van der Waals surface area contributed by atoms with Gasteiger partial charge < -0.3 is 20.9 Å². The molecule has 2 aromatic carbocycles. The van der Waals surface area contributed by atoms with Crippen LogP contribution < -0.4 is 11.1 Å². The second kappa shape index (κ2) is 11.0. The number of halogens is 2. The smallest absolute Gasteiger partial charge is 0.255 e. The summed E-state index contributed by atoms with van der Waals surface area (Å²) >= 11 is 14.2. The Balaban J connectivity index is 1.53. The molecule has 0 aliphatic carbocycles. The summed E-state index contributed by atoms with van der Waals surface area (Å²) in [5.74, 6) is 1.07.